The van der Waals surface area contributed by atoms with Gasteiger partial charge in [0.05, 0.1) is 16.7 Å². The van der Waals surface area contributed by atoms with Gasteiger partial charge in [-0.1, -0.05) is 0 Å². The molecule has 2 aromatic heterocycles. The third-order valence-electron chi connectivity index (χ3n) is 2.68. The van der Waals surface area contributed by atoms with E-state index in [1.54, 1.807) is 13.8 Å². The highest BCUT2D eigenvalue weighted by Crippen LogP contribution is 2.21. The molecule has 0 saturated heterocycles. The molecule has 0 aromatic carbocycles. The average molecular weight is 265 g/mol. The van der Waals surface area contributed by atoms with E-state index in [0.29, 0.717) is 11.4 Å². The summed E-state index contributed by atoms with van der Waals surface area (Å²) in [5, 5.41) is 27.5. The molecule has 100 valence electrons. The second-order valence-electron chi connectivity index (χ2n) is 3.99. The third kappa shape index (κ3) is 2.30. The maximum atomic E-state index is 10.9. The van der Waals surface area contributed by atoms with Crippen LogP contribution in [0.1, 0.15) is 21.7 Å². The molecule has 0 aliphatic heterocycles. The number of carboxylic acid groups (broad SMARTS) is 1. The van der Waals surface area contributed by atoms with Crippen molar-refractivity contribution in [1.29, 1.82) is 0 Å². The van der Waals surface area contributed by atoms with Gasteiger partial charge >= 0.3 is 11.7 Å². The normalized spacial score (nSPS) is 10.6. The number of nitrogens with zero attached hydrogens (tertiary/aromatic N) is 5. The smallest absolute Gasteiger partial charge is 0.338 e. The summed E-state index contributed by atoms with van der Waals surface area (Å²) in [5.74, 6) is -1.08. The molecular weight excluding hydrogens is 254 g/mol. The molecule has 0 amide bonds. The van der Waals surface area contributed by atoms with E-state index >= 15 is 0 Å². The van der Waals surface area contributed by atoms with Crippen molar-refractivity contribution in [2.24, 2.45) is 0 Å². The highest BCUT2D eigenvalue weighted by atomic mass is 16.6. The van der Waals surface area contributed by atoms with Crippen LogP contribution >= 0.6 is 0 Å². The van der Waals surface area contributed by atoms with Gasteiger partial charge in [0.1, 0.15) is 18.1 Å². The van der Waals surface area contributed by atoms with E-state index in [9.17, 15) is 14.9 Å². The number of hydrogen-bond acceptors (Lipinski definition) is 5. The molecule has 1 N–H and O–H groups in total. The van der Waals surface area contributed by atoms with Gasteiger partial charge < -0.3 is 5.11 Å². The van der Waals surface area contributed by atoms with Crippen molar-refractivity contribution in [3.63, 3.8) is 0 Å². The van der Waals surface area contributed by atoms with Gasteiger partial charge in [0.25, 0.3) is 0 Å². The molecule has 9 nitrogen and oxygen atoms in total. The zero-order chi connectivity index (χ0) is 14.2. The number of aromatic carboxylic acids is 1. The molecule has 0 unspecified atom stereocenters. The van der Waals surface area contributed by atoms with Crippen LogP contribution in [0.25, 0.3) is 0 Å². The van der Waals surface area contributed by atoms with Crippen LogP contribution in [0, 0.1) is 24.0 Å². The summed E-state index contributed by atoms with van der Waals surface area (Å²) >= 11 is 0. The average Bonchev–Trinajstić information content (AvgIpc) is 2.85. The fourth-order valence-corrected chi connectivity index (χ4v) is 1.78. The van der Waals surface area contributed by atoms with E-state index in [4.69, 9.17) is 5.11 Å². The van der Waals surface area contributed by atoms with Crippen LogP contribution in [0.5, 0.6) is 0 Å². The van der Waals surface area contributed by atoms with Crippen molar-refractivity contribution in [3.05, 3.63) is 39.5 Å². The van der Waals surface area contributed by atoms with Gasteiger partial charge in [-0.25, -0.2) is 9.48 Å². The van der Waals surface area contributed by atoms with Crippen LogP contribution in [0.2, 0.25) is 0 Å². The van der Waals surface area contributed by atoms with Crippen LogP contribution in [0.3, 0.4) is 0 Å². The Labute approximate surface area is 107 Å². The SMILES string of the molecule is Cc1nn(Cn2cc(C(=O)O)cn2)c(C)c1[N+](=O)[O-]. The first-order valence-electron chi connectivity index (χ1n) is 5.34. The molecule has 2 rings (SSSR count). The van der Waals surface area contributed by atoms with Crippen molar-refractivity contribution >= 4 is 11.7 Å². The van der Waals surface area contributed by atoms with Gasteiger partial charge in [0.2, 0.25) is 0 Å². The van der Waals surface area contributed by atoms with Crippen molar-refractivity contribution in [1.82, 2.24) is 19.6 Å². The minimum atomic E-state index is -1.08. The topological polar surface area (TPSA) is 116 Å². The first-order chi connectivity index (χ1) is 8.90. The lowest BCUT2D eigenvalue weighted by Gasteiger charge is -2.03. The van der Waals surface area contributed by atoms with E-state index in [1.807, 2.05) is 0 Å². The molecule has 2 heterocycles. The van der Waals surface area contributed by atoms with Crippen LogP contribution in [-0.4, -0.2) is 35.6 Å². The first kappa shape index (κ1) is 12.7. The van der Waals surface area contributed by atoms with Crippen molar-refractivity contribution in [3.8, 4) is 0 Å². The molecule has 0 saturated carbocycles. The highest BCUT2D eigenvalue weighted by Gasteiger charge is 2.21. The van der Waals surface area contributed by atoms with Crippen molar-refractivity contribution in [2.75, 3.05) is 0 Å². The maximum Gasteiger partial charge on any atom is 0.338 e. The molecule has 0 spiro atoms. The van der Waals surface area contributed by atoms with E-state index in [2.05, 4.69) is 10.2 Å². The van der Waals surface area contributed by atoms with Gasteiger partial charge in [0, 0.05) is 6.20 Å². The Morgan fingerprint density at radius 1 is 1.53 bits per heavy atom. The maximum absolute atomic E-state index is 10.9. The minimum absolute atomic E-state index is 0.0365. The first-order valence-corrected chi connectivity index (χ1v) is 5.34. The zero-order valence-electron chi connectivity index (χ0n) is 10.3. The molecule has 2 aromatic rings. The Bertz CT molecular complexity index is 657. The van der Waals surface area contributed by atoms with Crippen LogP contribution in [0.4, 0.5) is 5.69 Å². The van der Waals surface area contributed by atoms with Gasteiger partial charge in [-0.3, -0.25) is 14.8 Å². The molecule has 0 radical (unpaired) electrons. The number of carboxylic acids is 1. The number of aryl methyl sites for hydroxylation is 1. The Kier molecular flexibility index (Phi) is 3.03. The Hall–Kier alpha value is -2.71. The van der Waals surface area contributed by atoms with E-state index in [-0.39, 0.29) is 17.9 Å². The third-order valence-corrected chi connectivity index (χ3v) is 2.68. The quantitative estimate of drug-likeness (QED) is 0.645. The summed E-state index contributed by atoms with van der Waals surface area (Å²) < 4.78 is 2.76. The van der Waals surface area contributed by atoms with Gasteiger partial charge in [0.15, 0.2) is 0 Å². The lowest BCUT2D eigenvalue weighted by Crippen LogP contribution is -2.11. The summed E-state index contributed by atoms with van der Waals surface area (Å²) in [7, 11) is 0. The van der Waals surface area contributed by atoms with E-state index in [0.717, 1.165) is 0 Å². The van der Waals surface area contributed by atoms with Crippen LogP contribution in [0.15, 0.2) is 12.4 Å². The van der Waals surface area contributed by atoms with Crippen LogP contribution < -0.4 is 0 Å². The molecule has 19 heavy (non-hydrogen) atoms. The second kappa shape index (κ2) is 4.52. The fourth-order valence-electron chi connectivity index (χ4n) is 1.78. The molecule has 0 aliphatic rings. The number of aromatic nitrogens is 4. The summed E-state index contributed by atoms with van der Waals surface area (Å²) in [4.78, 5) is 21.1. The Morgan fingerprint density at radius 3 is 2.68 bits per heavy atom. The minimum Gasteiger partial charge on any atom is -0.478 e. The van der Waals surface area contributed by atoms with Gasteiger partial charge in [-0.15, -0.1) is 0 Å². The van der Waals surface area contributed by atoms with Crippen molar-refractivity contribution in [2.45, 2.75) is 20.5 Å². The summed E-state index contributed by atoms with van der Waals surface area (Å²) in [5.41, 5.74) is 0.727. The molecule has 9 heteroatoms. The monoisotopic (exact) mass is 265 g/mol. The lowest BCUT2D eigenvalue weighted by molar-refractivity contribution is -0.386. The zero-order valence-corrected chi connectivity index (χ0v) is 10.3. The summed E-state index contributed by atoms with van der Waals surface area (Å²) in [6, 6.07) is 0. The Morgan fingerprint density at radius 2 is 2.21 bits per heavy atom. The molecular formula is C10H11N5O4. The van der Waals surface area contributed by atoms with Gasteiger partial charge in [-0.05, 0) is 13.8 Å². The largest absolute Gasteiger partial charge is 0.478 e. The molecule has 0 aliphatic carbocycles. The molecule has 0 bridgehead atoms. The summed E-state index contributed by atoms with van der Waals surface area (Å²) in [6.45, 7) is 3.25. The summed E-state index contributed by atoms with van der Waals surface area (Å²) in [6.07, 6.45) is 2.55. The van der Waals surface area contributed by atoms with Crippen LogP contribution in [-0.2, 0) is 6.67 Å². The Balaban J connectivity index is 2.31. The predicted molar refractivity (Wildman–Crippen MR) is 62.9 cm³/mol. The van der Waals surface area contributed by atoms with E-state index < -0.39 is 10.9 Å². The lowest BCUT2D eigenvalue weighted by atomic mass is 10.3. The van der Waals surface area contributed by atoms with Crippen molar-refractivity contribution < 1.29 is 14.8 Å². The fraction of sp³-hybridized carbons (Fsp3) is 0.300. The van der Waals surface area contributed by atoms with Gasteiger partial charge in [-0.2, -0.15) is 10.2 Å². The number of nitro groups is 1. The number of carbonyl (C=O) groups is 1. The highest BCUT2D eigenvalue weighted by molar-refractivity contribution is 5.86. The molecule has 0 atom stereocenters. The standard InChI is InChI=1S/C10H11N5O4/c1-6-9(15(18)19)7(2)14(12-6)5-13-4-8(3-11-13)10(16)17/h3-4H,5H2,1-2H3,(H,16,17). The molecule has 0 fully saturated rings. The number of rotatable bonds is 4. The second-order valence-corrected chi connectivity index (χ2v) is 3.99. The predicted octanol–water partition coefficient (Wildman–Crippen LogP) is 0.809. The number of hydrogen-bond donors (Lipinski definition) is 1. The van der Waals surface area contributed by atoms with E-state index in [1.165, 1.54) is 21.8 Å².